The van der Waals surface area contributed by atoms with Crippen molar-refractivity contribution in [2.75, 3.05) is 0 Å². The molecule has 2 aromatic heterocycles. The monoisotopic (exact) mass is 811 g/mol. The van der Waals surface area contributed by atoms with E-state index in [1.807, 2.05) is 6.20 Å². The van der Waals surface area contributed by atoms with Crippen LogP contribution in [-0.2, 0) is 24.9 Å². The summed E-state index contributed by atoms with van der Waals surface area (Å²) in [4.78, 5) is 16.2. The molecule has 1 N–H and O–H groups in total. The molecular weight excluding hydrogens is 775 g/mol. The molecule has 3 nitrogen and oxygen atoms in total. The third-order valence-electron chi connectivity index (χ3n) is 8.04. The minimum atomic E-state index is -0.125. The maximum Gasteiger partial charge on any atom is 0.155 e. The van der Waals surface area contributed by atoms with Gasteiger partial charge in [0.05, 0.1) is 5.76 Å². The van der Waals surface area contributed by atoms with Crippen LogP contribution in [0.25, 0.3) is 64.5 Å². The van der Waals surface area contributed by atoms with Gasteiger partial charge in [-0.3, -0.25) is 4.79 Å². The molecular formula is C42H36IrNO2S-. The van der Waals surface area contributed by atoms with Crippen molar-refractivity contribution in [3.05, 3.63) is 138 Å². The van der Waals surface area contributed by atoms with Gasteiger partial charge < -0.3 is 10.1 Å². The van der Waals surface area contributed by atoms with Crippen molar-refractivity contribution in [2.24, 2.45) is 0 Å². The molecule has 0 aliphatic heterocycles. The average molecular weight is 811 g/mol. The summed E-state index contributed by atoms with van der Waals surface area (Å²) in [5.74, 6) is 0.403. The van der Waals surface area contributed by atoms with Gasteiger partial charge in [0.1, 0.15) is 0 Å². The Morgan fingerprint density at radius 1 is 0.787 bits per heavy atom. The fraction of sp³-hybridized carbons (Fsp3) is 0.143. The van der Waals surface area contributed by atoms with Gasteiger partial charge in [0, 0.05) is 37.3 Å². The summed E-state index contributed by atoms with van der Waals surface area (Å²) in [7, 11) is 0. The number of nitrogens with zero attached hydrogens (tertiary/aromatic N) is 1. The number of aliphatic hydroxyl groups is 1. The van der Waals surface area contributed by atoms with Gasteiger partial charge in [0.2, 0.25) is 0 Å². The first-order valence-electron chi connectivity index (χ1n) is 15.5. The maximum absolute atomic E-state index is 10.0. The van der Waals surface area contributed by atoms with Crippen molar-refractivity contribution in [2.45, 2.75) is 40.5 Å². The Hall–Kier alpha value is -4.41. The molecule has 7 aromatic rings. The zero-order valence-electron chi connectivity index (χ0n) is 27.1. The molecule has 5 heteroatoms. The standard InChI is InChI=1S/C37H28NS.C5H8O2.Ir/c1-23(2)31-18-24(3)19-33-28(31)14-15-30-29(33)16-17-38-37(30)27-20-32(25-10-6-4-7-11-25)34-22-35(39-36(34)21-27)26-12-8-5-9-13-26;1-4(6)3-5(2)7;/h4-20,22-23H,1-3H3;3,6H,1-2H3;/q-1;;/b;4-3-;. The molecule has 5 aromatic carbocycles. The number of allylic oxidation sites excluding steroid dienone is 2. The van der Waals surface area contributed by atoms with Gasteiger partial charge in [-0.15, -0.1) is 17.7 Å². The van der Waals surface area contributed by atoms with Gasteiger partial charge in [0.25, 0.3) is 0 Å². The Bertz CT molecular complexity index is 2230. The van der Waals surface area contributed by atoms with Crippen molar-refractivity contribution >= 4 is 48.8 Å². The number of aryl methyl sites for hydroxylation is 1. The normalized spacial score (nSPS) is 11.4. The zero-order chi connectivity index (χ0) is 32.4. The minimum absolute atomic E-state index is 0. The van der Waals surface area contributed by atoms with Crippen molar-refractivity contribution in [1.82, 2.24) is 4.98 Å². The molecule has 0 saturated heterocycles. The summed E-state index contributed by atoms with van der Waals surface area (Å²) < 4.78 is 1.16. The number of carbonyl (C=O) groups is 1. The van der Waals surface area contributed by atoms with Gasteiger partial charge in [-0.25, -0.2) is 0 Å². The summed E-state index contributed by atoms with van der Waals surface area (Å²) in [6, 6.07) is 41.0. The Balaban J connectivity index is 0.000000491. The molecule has 0 atom stereocenters. The number of thiophene rings is 1. The summed E-state index contributed by atoms with van der Waals surface area (Å²) in [5.41, 5.74) is 8.37. The Labute approximate surface area is 294 Å². The Morgan fingerprint density at radius 3 is 2.06 bits per heavy atom. The zero-order valence-corrected chi connectivity index (χ0v) is 30.3. The maximum atomic E-state index is 10.0. The molecule has 7 rings (SSSR count). The number of rotatable bonds is 5. The van der Waals surface area contributed by atoms with Crippen LogP contribution in [0.4, 0.5) is 0 Å². The number of aliphatic hydroxyl groups excluding tert-OH is 1. The molecule has 0 spiro atoms. The molecule has 1 radical (unpaired) electrons. The van der Waals surface area contributed by atoms with Gasteiger partial charge in [-0.2, -0.15) is 11.3 Å². The molecule has 0 unspecified atom stereocenters. The fourth-order valence-corrected chi connectivity index (χ4v) is 7.15. The third-order valence-corrected chi connectivity index (χ3v) is 9.14. The molecule has 0 aliphatic rings. The first-order chi connectivity index (χ1) is 22.2. The van der Waals surface area contributed by atoms with Crippen molar-refractivity contribution in [3.63, 3.8) is 0 Å². The fourth-order valence-electron chi connectivity index (χ4n) is 6.06. The van der Waals surface area contributed by atoms with E-state index < -0.39 is 0 Å². The van der Waals surface area contributed by atoms with Gasteiger partial charge in [-0.05, 0) is 81.4 Å². The molecule has 237 valence electrons. The van der Waals surface area contributed by atoms with E-state index in [-0.39, 0.29) is 31.6 Å². The number of hydrogen-bond acceptors (Lipinski definition) is 4. The van der Waals surface area contributed by atoms with Gasteiger partial charge >= 0.3 is 0 Å². The Morgan fingerprint density at radius 2 is 1.45 bits per heavy atom. The smallest absolute Gasteiger partial charge is 0.155 e. The summed E-state index contributed by atoms with van der Waals surface area (Å²) in [6.07, 6.45) is 3.12. The van der Waals surface area contributed by atoms with Crippen LogP contribution >= 0.6 is 11.3 Å². The van der Waals surface area contributed by atoms with E-state index in [9.17, 15) is 4.79 Å². The quantitative estimate of drug-likeness (QED) is 0.0815. The summed E-state index contributed by atoms with van der Waals surface area (Å²) in [6.45, 7) is 9.59. The Kier molecular flexibility index (Phi) is 10.5. The summed E-state index contributed by atoms with van der Waals surface area (Å²) in [5, 5.41) is 14.6. The van der Waals surface area contributed by atoms with Crippen LogP contribution in [0.1, 0.15) is 44.7 Å². The number of fused-ring (bicyclic) bond motifs is 4. The van der Waals surface area contributed by atoms with E-state index in [1.54, 1.807) is 11.3 Å². The first-order valence-corrected chi connectivity index (χ1v) is 16.3. The van der Waals surface area contributed by atoms with Crippen molar-refractivity contribution in [1.29, 1.82) is 0 Å². The van der Waals surface area contributed by atoms with Crippen LogP contribution in [0.5, 0.6) is 0 Å². The molecule has 47 heavy (non-hydrogen) atoms. The van der Waals surface area contributed by atoms with Crippen molar-refractivity contribution < 1.29 is 30.0 Å². The van der Waals surface area contributed by atoms with E-state index in [1.165, 1.54) is 79.5 Å². The number of hydrogen-bond donors (Lipinski definition) is 1. The summed E-state index contributed by atoms with van der Waals surface area (Å²) >= 11 is 1.80. The van der Waals surface area contributed by atoms with E-state index in [0.29, 0.717) is 5.92 Å². The molecule has 0 fully saturated rings. The number of carbonyl (C=O) groups excluding carboxylic acids is 1. The number of ketones is 1. The van der Waals surface area contributed by atoms with Crippen LogP contribution in [-0.4, -0.2) is 15.9 Å². The predicted molar refractivity (Wildman–Crippen MR) is 196 cm³/mol. The molecule has 2 heterocycles. The molecule has 0 saturated carbocycles. The van der Waals surface area contributed by atoms with Crippen LogP contribution in [0.3, 0.4) is 0 Å². The SMILES string of the molecule is CC(=O)/C=C(/C)O.Cc1cc(C(C)C)c2ccc3c(-c4[c-]c5sc(-c6ccccc6)cc5c(-c5ccccc5)c4)nccc3c2c1.[Ir]. The van der Waals surface area contributed by atoms with Gasteiger partial charge in [0.15, 0.2) is 5.78 Å². The third kappa shape index (κ3) is 7.29. The first kappa shape index (κ1) is 33.9. The van der Waals surface area contributed by atoms with E-state index in [0.717, 1.165) is 16.0 Å². The van der Waals surface area contributed by atoms with Crippen molar-refractivity contribution in [3.8, 4) is 32.8 Å². The second-order valence-corrected chi connectivity index (χ2v) is 13.1. The molecule has 0 bridgehead atoms. The van der Waals surface area contributed by atoms with E-state index in [4.69, 9.17) is 10.1 Å². The number of aromatic nitrogens is 1. The number of benzene rings is 5. The van der Waals surface area contributed by atoms with Crippen LogP contribution < -0.4 is 0 Å². The largest absolute Gasteiger partial charge is 0.512 e. The second-order valence-electron chi connectivity index (χ2n) is 12.0. The van der Waals surface area contributed by atoms with E-state index >= 15 is 0 Å². The average Bonchev–Trinajstić information content (AvgIpc) is 3.48. The van der Waals surface area contributed by atoms with Crippen LogP contribution in [0.2, 0.25) is 0 Å². The molecule has 0 aliphatic carbocycles. The van der Waals surface area contributed by atoms with Gasteiger partial charge in [-0.1, -0.05) is 121 Å². The topological polar surface area (TPSA) is 50.2 Å². The predicted octanol–water partition coefficient (Wildman–Crippen LogP) is 11.9. The molecule has 0 amide bonds. The van der Waals surface area contributed by atoms with E-state index in [2.05, 4.69) is 130 Å². The van der Waals surface area contributed by atoms with Crippen LogP contribution in [0.15, 0.2) is 121 Å². The number of pyridine rings is 1. The minimum Gasteiger partial charge on any atom is -0.512 e. The van der Waals surface area contributed by atoms with Crippen LogP contribution in [0, 0.1) is 13.0 Å². The second kappa shape index (κ2) is 14.6.